The minimum atomic E-state index is -4.35. The van der Waals surface area contributed by atoms with Crippen LogP contribution in [0.5, 0.6) is 0 Å². The number of benzene rings is 2. The van der Waals surface area contributed by atoms with Crippen molar-refractivity contribution in [1.82, 2.24) is 9.97 Å². The number of thiazole rings is 1. The molecule has 0 atom stereocenters. The SMILES string of the molecule is CC(C)(C)c1nc(-c2cccc(CS(=O)(=O)c3cc(F)ccc3F)c2F)c(-c2ccncc2)s1. The molecule has 0 spiro atoms. The minimum absolute atomic E-state index is 0.131. The van der Waals surface area contributed by atoms with Crippen LogP contribution in [0.2, 0.25) is 0 Å². The molecule has 4 nitrogen and oxygen atoms in total. The summed E-state index contributed by atoms with van der Waals surface area (Å²) in [6.07, 6.45) is 3.25. The number of halogens is 3. The first-order valence-electron chi connectivity index (χ1n) is 10.3. The standard InChI is InChI=1S/C25H21F3N2O2S2/c1-25(2,3)24-30-22(23(33-24)15-9-11-29-12-10-15)18-6-4-5-16(21(18)28)14-34(31,32)20-13-17(26)7-8-19(20)27/h4-13H,14H2,1-3H3. The first kappa shape index (κ1) is 24.1. The number of pyridine rings is 1. The lowest BCUT2D eigenvalue weighted by atomic mass is 9.98. The van der Waals surface area contributed by atoms with Crippen molar-refractivity contribution in [2.75, 3.05) is 0 Å². The summed E-state index contributed by atoms with van der Waals surface area (Å²) in [5.74, 6) is -3.59. The zero-order valence-corrected chi connectivity index (χ0v) is 20.3. The molecule has 2 aromatic heterocycles. The van der Waals surface area contributed by atoms with Gasteiger partial charge in [0, 0.05) is 28.9 Å². The number of sulfone groups is 1. The van der Waals surface area contributed by atoms with Gasteiger partial charge in [0.05, 0.1) is 21.3 Å². The molecular formula is C25H21F3N2O2S2. The van der Waals surface area contributed by atoms with Gasteiger partial charge >= 0.3 is 0 Å². The van der Waals surface area contributed by atoms with E-state index in [1.165, 1.54) is 29.5 Å². The molecule has 2 heterocycles. The molecule has 0 aliphatic carbocycles. The fourth-order valence-electron chi connectivity index (χ4n) is 3.39. The second kappa shape index (κ2) is 8.96. The monoisotopic (exact) mass is 502 g/mol. The molecular weight excluding hydrogens is 481 g/mol. The number of hydrogen-bond acceptors (Lipinski definition) is 5. The van der Waals surface area contributed by atoms with Crippen LogP contribution in [0.3, 0.4) is 0 Å². The van der Waals surface area contributed by atoms with Gasteiger partial charge in [0.2, 0.25) is 0 Å². The molecule has 0 saturated carbocycles. The van der Waals surface area contributed by atoms with E-state index in [1.807, 2.05) is 20.8 Å². The first-order valence-corrected chi connectivity index (χ1v) is 12.8. The molecule has 0 bridgehead atoms. The molecule has 9 heteroatoms. The third kappa shape index (κ3) is 4.76. The van der Waals surface area contributed by atoms with Gasteiger partial charge in [-0.1, -0.05) is 32.9 Å². The van der Waals surface area contributed by atoms with Crippen molar-refractivity contribution < 1.29 is 21.6 Å². The summed E-state index contributed by atoms with van der Waals surface area (Å²) >= 11 is 1.43. The highest BCUT2D eigenvalue weighted by atomic mass is 32.2. The van der Waals surface area contributed by atoms with Crippen LogP contribution in [-0.4, -0.2) is 18.4 Å². The van der Waals surface area contributed by atoms with E-state index in [-0.39, 0.29) is 16.5 Å². The number of aromatic nitrogens is 2. The van der Waals surface area contributed by atoms with Gasteiger partial charge in [0.25, 0.3) is 0 Å². The van der Waals surface area contributed by atoms with Crippen molar-refractivity contribution in [3.05, 3.63) is 88.9 Å². The summed E-state index contributed by atoms with van der Waals surface area (Å²) in [4.78, 5) is 8.66. The second-order valence-corrected chi connectivity index (χ2v) is 11.8. The van der Waals surface area contributed by atoms with Crippen LogP contribution in [0, 0.1) is 17.5 Å². The Kier molecular flexibility index (Phi) is 6.35. The van der Waals surface area contributed by atoms with Gasteiger partial charge < -0.3 is 0 Å². The third-order valence-electron chi connectivity index (χ3n) is 5.12. The highest BCUT2D eigenvalue weighted by Crippen LogP contribution is 2.41. The predicted octanol–water partition coefficient (Wildman–Crippen LogP) is 6.56. The van der Waals surface area contributed by atoms with Crippen LogP contribution in [-0.2, 0) is 21.0 Å². The molecule has 4 rings (SSSR count). The van der Waals surface area contributed by atoms with Crippen LogP contribution in [0.25, 0.3) is 21.7 Å². The zero-order chi connectivity index (χ0) is 24.7. The molecule has 0 fully saturated rings. The number of hydrogen-bond donors (Lipinski definition) is 0. The Hall–Kier alpha value is -3.04. The summed E-state index contributed by atoms with van der Waals surface area (Å²) in [6, 6.07) is 10.1. The summed E-state index contributed by atoms with van der Waals surface area (Å²) in [5.41, 5.74) is 0.863. The maximum Gasteiger partial charge on any atom is 0.185 e. The van der Waals surface area contributed by atoms with Gasteiger partial charge in [-0.05, 0) is 42.0 Å². The van der Waals surface area contributed by atoms with Crippen molar-refractivity contribution >= 4 is 21.2 Å². The van der Waals surface area contributed by atoms with E-state index in [9.17, 15) is 17.2 Å². The summed E-state index contributed by atoms with van der Waals surface area (Å²) in [6.45, 7) is 6.00. The van der Waals surface area contributed by atoms with E-state index in [0.717, 1.165) is 27.6 Å². The Morgan fingerprint density at radius 3 is 2.35 bits per heavy atom. The summed E-state index contributed by atoms with van der Waals surface area (Å²) in [5, 5.41) is 0.786. The molecule has 2 aromatic carbocycles. The Morgan fingerprint density at radius 1 is 0.971 bits per heavy atom. The molecule has 0 N–H and O–H groups in total. The topological polar surface area (TPSA) is 59.9 Å². The molecule has 0 aliphatic heterocycles. The van der Waals surface area contributed by atoms with Gasteiger partial charge in [-0.2, -0.15) is 0 Å². The van der Waals surface area contributed by atoms with E-state index < -0.39 is 37.9 Å². The smallest absolute Gasteiger partial charge is 0.185 e. The van der Waals surface area contributed by atoms with E-state index >= 15 is 4.39 Å². The van der Waals surface area contributed by atoms with Crippen LogP contribution in [0.4, 0.5) is 13.2 Å². The Bertz CT molecular complexity index is 1460. The second-order valence-electron chi connectivity index (χ2n) is 8.80. The van der Waals surface area contributed by atoms with Crippen LogP contribution in [0.1, 0.15) is 31.3 Å². The average Bonchev–Trinajstić information content (AvgIpc) is 3.23. The highest BCUT2D eigenvalue weighted by Gasteiger charge is 2.27. The van der Waals surface area contributed by atoms with Crippen LogP contribution < -0.4 is 0 Å². The van der Waals surface area contributed by atoms with Gasteiger partial charge in [0.1, 0.15) is 22.3 Å². The molecule has 34 heavy (non-hydrogen) atoms. The highest BCUT2D eigenvalue weighted by molar-refractivity contribution is 7.90. The molecule has 0 aliphatic rings. The zero-order valence-electron chi connectivity index (χ0n) is 18.6. The summed E-state index contributed by atoms with van der Waals surface area (Å²) < 4.78 is 69.0. The first-order chi connectivity index (χ1) is 16.0. The molecule has 176 valence electrons. The molecule has 0 radical (unpaired) electrons. The van der Waals surface area contributed by atoms with E-state index in [1.54, 1.807) is 24.5 Å². The molecule has 4 aromatic rings. The van der Waals surface area contributed by atoms with Gasteiger partial charge in [-0.15, -0.1) is 11.3 Å². The van der Waals surface area contributed by atoms with Gasteiger partial charge in [0.15, 0.2) is 9.84 Å². The Balaban J connectivity index is 1.83. The van der Waals surface area contributed by atoms with E-state index in [4.69, 9.17) is 4.98 Å². The quantitative estimate of drug-likeness (QED) is 0.310. The van der Waals surface area contributed by atoms with Crippen molar-refractivity contribution in [3.63, 3.8) is 0 Å². The Morgan fingerprint density at radius 2 is 1.68 bits per heavy atom. The molecule has 0 unspecified atom stereocenters. The molecule has 0 saturated heterocycles. The van der Waals surface area contributed by atoms with Crippen molar-refractivity contribution in [1.29, 1.82) is 0 Å². The number of nitrogens with zero attached hydrogens (tertiary/aromatic N) is 2. The predicted molar refractivity (Wildman–Crippen MR) is 127 cm³/mol. The van der Waals surface area contributed by atoms with Crippen LogP contribution >= 0.6 is 11.3 Å². The maximum absolute atomic E-state index is 15.7. The fourth-order valence-corrected chi connectivity index (χ4v) is 5.98. The van der Waals surface area contributed by atoms with E-state index in [0.29, 0.717) is 11.8 Å². The molecule has 0 amide bonds. The van der Waals surface area contributed by atoms with Crippen molar-refractivity contribution in [2.45, 2.75) is 36.8 Å². The van der Waals surface area contributed by atoms with Crippen LogP contribution in [0.15, 0.2) is 65.8 Å². The minimum Gasteiger partial charge on any atom is -0.265 e. The largest absolute Gasteiger partial charge is 0.265 e. The van der Waals surface area contributed by atoms with Crippen molar-refractivity contribution in [2.24, 2.45) is 0 Å². The maximum atomic E-state index is 15.7. The lowest BCUT2D eigenvalue weighted by Gasteiger charge is -2.13. The fraction of sp³-hybridized carbons (Fsp3) is 0.200. The lowest BCUT2D eigenvalue weighted by molar-refractivity contribution is 0.551. The van der Waals surface area contributed by atoms with Crippen molar-refractivity contribution in [3.8, 4) is 21.7 Å². The lowest BCUT2D eigenvalue weighted by Crippen LogP contribution is -2.10. The normalized spacial score (nSPS) is 12.2. The number of rotatable bonds is 5. The Labute approximate surface area is 200 Å². The summed E-state index contributed by atoms with van der Waals surface area (Å²) in [7, 11) is -4.35. The van der Waals surface area contributed by atoms with Gasteiger partial charge in [-0.25, -0.2) is 26.6 Å². The third-order valence-corrected chi connectivity index (χ3v) is 8.32. The van der Waals surface area contributed by atoms with E-state index in [2.05, 4.69) is 4.98 Å². The average molecular weight is 503 g/mol. The van der Waals surface area contributed by atoms with Gasteiger partial charge in [-0.3, -0.25) is 4.98 Å².